The first-order valence-electron chi connectivity index (χ1n) is 9.42. The fourth-order valence-electron chi connectivity index (χ4n) is 2.96. The quantitative estimate of drug-likeness (QED) is 0.642. The van der Waals surface area contributed by atoms with Crippen molar-refractivity contribution >= 4 is 49.0 Å². The second kappa shape index (κ2) is 8.79. The van der Waals surface area contributed by atoms with Gasteiger partial charge in [-0.3, -0.25) is 10.2 Å². The third-order valence-corrected chi connectivity index (χ3v) is 7.17. The molecule has 0 spiro atoms. The molecule has 4 rings (SSSR count). The molecule has 2 aromatic rings. The van der Waals surface area contributed by atoms with Crippen LogP contribution in [0.25, 0.3) is 6.08 Å². The number of sulfone groups is 1. The Morgan fingerprint density at radius 3 is 2.67 bits per heavy atom. The van der Waals surface area contributed by atoms with Crippen LogP contribution in [0.1, 0.15) is 11.1 Å². The maximum Gasteiger partial charge on any atom is 0.283 e. The molecule has 2 aliphatic heterocycles. The smallest absolute Gasteiger partial charge is 0.283 e. The van der Waals surface area contributed by atoms with Gasteiger partial charge in [-0.2, -0.15) is 10.0 Å². The summed E-state index contributed by atoms with van der Waals surface area (Å²) < 4.78 is 48.1. The van der Waals surface area contributed by atoms with E-state index in [-0.39, 0.29) is 33.4 Å². The van der Waals surface area contributed by atoms with E-state index in [1.54, 1.807) is 36.4 Å². The van der Waals surface area contributed by atoms with E-state index in [1.807, 2.05) is 0 Å². The standard InChI is InChI=1S/C21H17FN4O5S2/c1-30-17-10-12(7-8-16(17)31-11-13-5-3-4-6-15(13)22)9-14-18(23)26-20(24-19(14)27)32-21(25-26)33(2,28)29/h3-10,23H,11H2,1-2H3/b14-9+,23-18?. The van der Waals surface area contributed by atoms with Crippen LogP contribution in [-0.2, 0) is 21.2 Å². The van der Waals surface area contributed by atoms with Crippen molar-refractivity contribution in [3.05, 3.63) is 65.0 Å². The minimum absolute atomic E-state index is 0.00259. The SMILES string of the molecule is COc1cc(/C=C2\C(=N)N3N=C(S(C)(=O)=O)SC3=NC2=O)ccc1OCc1ccccc1F. The number of ether oxygens (including phenoxy) is 2. The van der Waals surface area contributed by atoms with E-state index < -0.39 is 15.7 Å². The van der Waals surface area contributed by atoms with E-state index in [9.17, 15) is 17.6 Å². The molecular weight excluding hydrogens is 471 g/mol. The van der Waals surface area contributed by atoms with Gasteiger partial charge in [0.2, 0.25) is 19.4 Å². The molecule has 0 saturated carbocycles. The molecule has 0 unspecified atom stereocenters. The van der Waals surface area contributed by atoms with Gasteiger partial charge in [0.25, 0.3) is 5.91 Å². The largest absolute Gasteiger partial charge is 0.493 e. The van der Waals surface area contributed by atoms with Gasteiger partial charge in [0.1, 0.15) is 12.4 Å². The second-order valence-corrected chi connectivity index (χ2v) is 10.1. The molecule has 0 fully saturated rings. The van der Waals surface area contributed by atoms with Crippen molar-refractivity contribution in [2.75, 3.05) is 13.4 Å². The fourth-order valence-corrected chi connectivity index (χ4v) is 4.64. The van der Waals surface area contributed by atoms with Crippen LogP contribution >= 0.6 is 11.8 Å². The Bertz CT molecular complexity index is 1370. The predicted molar refractivity (Wildman–Crippen MR) is 124 cm³/mol. The van der Waals surface area contributed by atoms with E-state index in [1.165, 1.54) is 19.3 Å². The number of nitrogens with zero attached hydrogens (tertiary/aromatic N) is 3. The lowest BCUT2D eigenvalue weighted by Crippen LogP contribution is -2.35. The van der Waals surface area contributed by atoms with Gasteiger partial charge in [-0.25, -0.2) is 12.8 Å². The first-order chi connectivity index (χ1) is 15.7. The normalized spacial score (nSPS) is 17.1. The summed E-state index contributed by atoms with van der Waals surface area (Å²) in [6.07, 6.45) is 2.41. The molecule has 170 valence electrons. The van der Waals surface area contributed by atoms with E-state index in [4.69, 9.17) is 14.9 Å². The Labute approximate surface area is 193 Å². The van der Waals surface area contributed by atoms with Crippen LogP contribution < -0.4 is 9.47 Å². The van der Waals surface area contributed by atoms with Gasteiger partial charge in [-0.05, 0) is 41.6 Å². The van der Waals surface area contributed by atoms with Gasteiger partial charge < -0.3 is 9.47 Å². The first-order valence-corrected chi connectivity index (χ1v) is 12.1. The first kappa shape index (κ1) is 22.7. The number of hydrogen-bond acceptors (Lipinski definition) is 8. The molecule has 0 aromatic heterocycles. The molecule has 0 aliphatic carbocycles. The number of halogens is 1. The molecule has 12 heteroatoms. The number of hydrogen-bond donors (Lipinski definition) is 1. The summed E-state index contributed by atoms with van der Waals surface area (Å²) in [6, 6.07) is 11.1. The fraction of sp³-hybridized carbons (Fsp3) is 0.143. The number of hydrazone groups is 1. The van der Waals surface area contributed by atoms with Gasteiger partial charge in [0.15, 0.2) is 17.3 Å². The third-order valence-electron chi connectivity index (χ3n) is 4.59. The van der Waals surface area contributed by atoms with E-state index in [2.05, 4.69) is 10.1 Å². The molecule has 1 N–H and O–H groups in total. The average Bonchev–Trinajstić information content (AvgIpc) is 3.21. The second-order valence-electron chi connectivity index (χ2n) is 6.95. The van der Waals surface area contributed by atoms with Crippen molar-refractivity contribution in [2.24, 2.45) is 10.1 Å². The number of fused-ring (bicyclic) bond motifs is 1. The highest BCUT2D eigenvalue weighted by molar-refractivity contribution is 8.42. The van der Waals surface area contributed by atoms with Crippen LogP contribution in [0, 0.1) is 11.2 Å². The lowest BCUT2D eigenvalue weighted by molar-refractivity contribution is -0.114. The summed E-state index contributed by atoms with van der Waals surface area (Å²) in [5, 5.41) is 13.2. The highest BCUT2D eigenvalue weighted by atomic mass is 32.3. The minimum Gasteiger partial charge on any atom is -0.493 e. The Morgan fingerprint density at radius 1 is 1.21 bits per heavy atom. The van der Waals surface area contributed by atoms with Gasteiger partial charge in [-0.1, -0.05) is 24.3 Å². The summed E-state index contributed by atoms with van der Waals surface area (Å²) in [4.78, 5) is 16.3. The Balaban J connectivity index is 1.59. The zero-order valence-corrected chi connectivity index (χ0v) is 19.0. The van der Waals surface area contributed by atoms with Crippen LogP contribution in [0.5, 0.6) is 11.5 Å². The van der Waals surface area contributed by atoms with E-state index in [0.29, 0.717) is 34.4 Å². The number of thioether (sulfide) groups is 1. The molecule has 9 nitrogen and oxygen atoms in total. The molecule has 2 aliphatic rings. The molecule has 2 aromatic carbocycles. The van der Waals surface area contributed by atoms with Crippen LogP contribution in [0.3, 0.4) is 0 Å². The number of amides is 1. The Kier molecular flexibility index (Phi) is 6.04. The van der Waals surface area contributed by atoms with Crippen molar-refractivity contribution < 1.29 is 27.1 Å². The Morgan fingerprint density at radius 2 is 1.97 bits per heavy atom. The zero-order valence-electron chi connectivity index (χ0n) is 17.4. The van der Waals surface area contributed by atoms with Crippen molar-refractivity contribution in [1.82, 2.24) is 5.01 Å². The summed E-state index contributed by atoms with van der Waals surface area (Å²) in [5.74, 6) is -0.660. The Hall–Kier alpha value is -3.51. The molecule has 0 saturated heterocycles. The van der Waals surface area contributed by atoms with Crippen molar-refractivity contribution in [2.45, 2.75) is 6.61 Å². The van der Waals surface area contributed by atoms with E-state index >= 15 is 0 Å². The lowest BCUT2D eigenvalue weighted by Gasteiger charge is -2.20. The molecule has 0 bridgehead atoms. The molecule has 0 atom stereocenters. The van der Waals surface area contributed by atoms with Gasteiger partial charge in [-0.15, -0.1) is 5.10 Å². The summed E-state index contributed by atoms with van der Waals surface area (Å²) in [5.41, 5.74) is 0.828. The van der Waals surface area contributed by atoms with Crippen molar-refractivity contribution in [3.8, 4) is 11.5 Å². The minimum atomic E-state index is -3.61. The molecule has 33 heavy (non-hydrogen) atoms. The number of methoxy groups -OCH3 is 1. The van der Waals surface area contributed by atoms with Crippen molar-refractivity contribution in [1.29, 1.82) is 5.41 Å². The molecule has 2 heterocycles. The van der Waals surface area contributed by atoms with Crippen LogP contribution in [0.4, 0.5) is 4.39 Å². The molecular formula is C21H17FN4O5S2. The summed E-state index contributed by atoms with van der Waals surface area (Å²) in [6.45, 7) is -0.00259. The maximum atomic E-state index is 13.8. The van der Waals surface area contributed by atoms with Crippen LogP contribution in [0.15, 0.2) is 58.1 Å². The van der Waals surface area contributed by atoms with Crippen LogP contribution in [-0.4, -0.2) is 48.1 Å². The monoisotopic (exact) mass is 488 g/mol. The lowest BCUT2D eigenvalue weighted by atomic mass is 10.1. The number of carbonyl (C=O) groups is 1. The van der Waals surface area contributed by atoms with Gasteiger partial charge >= 0.3 is 0 Å². The zero-order chi connectivity index (χ0) is 23.8. The number of rotatable bonds is 5. The number of benzene rings is 2. The number of amidine groups is 2. The van der Waals surface area contributed by atoms with Crippen LogP contribution in [0.2, 0.25) is 0 Å². The van der Waals surface area contributed by atoms with Crippen molar-refractivity contribution in [3.63, 3.8) is 0 Å². The topological polar surface area (TPSA) is 121 Å². The number of nitrogens with one attached hydrogen (secondary N) is 1. The van der Waals surface area contributed by atoms with Gasteiger partial charge in [0, 0.05) is 11.8 Å². The highest BCUT2D eigenvalue weighted by Gasteiger charge is 2.38. The van der Waals surface area contributed by atoms with E-state index in [0.717, 1.165) is 11.3 Å². The number of carbonyl (C=O) groups excluding carboxylic acids is 1. The predicted octanol–water partition coefficient (Wildman–Crippen LogP) is 3.03. The summed E-state index contributed by atoms with van der Waals surface area (Å²) in [7, 11) is -2.17. The molecule has 1 amide bonds. The highest BCUT2D eigenvalue weighted by Crippen LogP contribution is 2.32. The number of aliphatic imine (C=N–C) groups is 1. The summed E-state index contributed by atoms with van der Waals surface area (Å²) >= 11 is 0.716. The maximum absolute atomic E-state index is 13.8. The van der Waals surface area contributed by atoms with Gasteiger partial charge in [0.05, 0.1) is 12.7 Å². The third kappa shape index (κ3) is 4.66. The average molecular weight is 489 g/mol. The molecule has 0 radical (unpaired) electrons.